The van der Waals surface area contributed by atoms with Gasteiger partial charge in [0.2, 0.25) is 0 Å². The summed E-state index contributed by atoms with van der Waals surface area (Å²) >= 11 is 1.82. The fraction of sp³-hybridized carbons (Fsp3) is 0.417. The number of carbonyl (C=O) groups excluding carboxylic acids is 1. The number of nitrogen functional groups attached to an aromatic ring is 1. The maximum absolute atomic E-state index is 11.5. The van der Waals surface area contributed by atoms with E-state index in [1.165, 1.54) is 0 Å². The molecule has 0 atom stereocenters. The van der Waals surface area contributed by atoms with Crippen molar-refractivity contribution in [3.05, 3.63) is 29.8 Å². The molecule has 1 aromatic carbocycles. The van der Waals surface area contributed by atoms with Crippen molar-refractivity contribution in [3.8, 4) is 5.75 Å². The molecular formula is C12H18N2O2S. The van der Waals surface area contributed by atoms with Crippen molar-refractivity contribution < 1.29 is 9.53 Å². The van der Waals surface area contributed by atoms with E-state index in [0.717, 1.165) is 5.75 Å². The summed E-state index contributed by atoms with van der Waals surface area (Å²) in [6, 6.07) is 7.07. The summed E-state index contributed by atoms with van der Waals surface area (Å²) in [5, 5.41) is 0.584. The number of hydrazine groups is 1. The van der Waals surface area contributed by atoms with Crippen molar-refractivity contribution in [3.63, 3.8) is 0 Å². The summed E-state index contributed by atoms with van der Waals surface area (Å²) in [5.41, 5.74) is 2.57. The summed E-state index contributed by atoms with van der Waals surface area (Å²) in [5.74, 6) is 6.24. The zero-order valence-electron chi connectivity index (χ0n) is 10.1. The average molecular weight is 254 g/mol. The second-order valence-corrected chi connectivity index (χ2v) is 5.42. The molecule has 0 unspecified atom stereocenters. The van der Waals surface area contributed by atoms with Gasteiger partial charge in [-0.05, 0) is 17.4 Å². The van der Waals surface area contributed by atoms with Gasteiger partial charge >= 0.3 is 0 Å². The van der Waals surface area contributed by atoms with E-state index in [1.54, 1.807) is 18.2 Å². The Balaban J connectivity index is 2.55. The van der Waals surface area contributed by atoms with Crippen molar-refractivity contribution in [1.82, 2.24) is 5.43 Å². The van der Waals surface area contributed by atoms with E-state index >= 15 is 0 Å². The van der Waals surface area contributed by atoms with E-state index in [0.29, 0.717) is 23.2 Å². The lowest BCUT2D eigenvalue weighted by Crippen LogP contribution is -2.30. The summed E-state index contributed by atoms with van der Waals surface area (Å²) in [7, 11) is 0. The first-order valence-electron chi connectivity index (χ1n) is 5.49. The monoisotopic (exact) mass is 254 g/mol. The molecule has 0 radical (unpaired) electrons. The second kappa shape index (κ2) is 7.19. The van der Waals surface area contributed by atoms with E-state index in [9.17, 15) is 4.79 Å². The standard InChI is InChI=1S/C12H18N2O2S/c1-9(2)17-8-7-16-11-6-4-3-5-10(11)12(15)14-13/h3-6,9H,7-8,13H2,1-2H3,(H,14,15). The van der Waals surface area contributed by atoms with Gasteiger partial charge in [0, 0.05) is 5.75 Å². The Morgan fingerprint density at radius 2 is 2.18 bits per heavy atom. The molecule has 0 aliphatic heterocycles. The number of thioether (sulfide) groups is 1. The van der Waals surface area contributed by atoms with Gasteiger partial charge < -0.3 is 4.74 Å². The number of nitrogens with one attached hydrogen (secondary N) is 1. The van der Waals surface area contributed by atoms with Crippen molar-refractivity contribution in [2.24, 2.45) is 5.84 Å². The van der Waals surface area contributed by atoms with Crippen LogP contribution in [0.1, 0.15) is 24.2 Å². The van der Waals surface area contributed by atoms with Crippen molar-refractivity contribution >= 4 is 17.7 Å². The zero-order valence-corrected chi connectivity index (χ0v) is 10.9. The molecule has 1 amide bonds. The predicted molar refractivity (Wildman–Crippen MR) is 71.2 cm³/mol. The van der Waals surface area contributed by atoms with Gasteiger partial charge in [0.05, 0.1) is 12.2 Å². The van der Waals surface area contributed by atoms with Gasteiger partial charge in [-0.3, -0.25) is 10.2 Å². The van der Waals surface area contributed by atoms with E-state index in [2.05, 4.69) is 19.3 Å². The van der Waals surface area contributed by atoms with Crippen LogP contribution in [0.3, 0.4) is 0 Å². The van der Waals surface area contributed by atoms with Gasteiger partial charge in [0.1, 0.15) is 5.75 Å². The van der Waals surface area contributed by atoms with Crippen LogP contribution < -0.4 is 16.0 Å². The molecule has 5 heteroatoms. The molecule has 0 saturated heterocycles. The molecule has 94 valence electrons. The molecule has 0 aliphatic carbocycles. The first kappa shape index (κ1) is 13.9. The van der Waals surface area contributed by atoms with Crippen LogP contribution in [0, 0.1) is 0 Å². The third kappa shape index (κ3) is 4.66. The number of ether oxygens (including phenoxy) is 1. The predicted octanol–water partition coefficient (Wildman–Crippen LogP) is 1.81. The Bertz CT molecular complexity index is 369. The van der Waals surface area contributed by atoms with Gasteiger partial charge in [-0.25, -0.2) is 5.84 Å². The van der Waals surface area contributed by atoms with E-state index in [-0.39, 0.29) is 5.91 Å². The van der Waals surface area contributed by atoms with Crippen LogP contribution in [-0.2, 0) is 0 Å². The highest BCUT2D eigenvalue weighted by Crippen LogP contribution is 2.18. The number of nitrogens with two attached hydrogens (primary N) is 1. The fourth-order valence-electron chi connectivity index (χ4n) is 1.29. The third-order valence-corrected chi connectivity index (χ3v) is 3.12. The Morgan fingerprint density at radius 3 is 2.82 bits per heavy atom. The minimum Gasteiger partial charge on any atom is -0.492 e. The summed E-state index contributed by atoms with van der Waals surface area (Å²) in [6.45, 7) is 4.86. The number of para-hydroxylation sites is 1. The number of amides is 1. The zero-order chi connectivity index (χ0) is 12.7. The normalized spacial score (nSPS) is 10.4. The molecule has 3 N–H and O–H groups in total. The minimum atomic E-state index is -0.336. The highest BCUT2D eigenvalue weighted by Gasteiger charge is 2.10. The molecule has 0 spiro atoms. The summed E-state index contributed by atoms with van der Waals surface area (Å²) < 4.78 is 5.57. The third-order valence-electron chi connectivity index (χ3n) is 2.05. The topological polar surface area (TPSA) is 64.3 Å². The van der Waals surface area contributed by atoms with Crippen LogP contribution >= 0.6 is 11.8 Å². The van der Waals surface area contributed by atoms with Crippen molar-refractivity contribution in [2.45, 2.75) is 19.1 Å². The highest BCUT2D eigenvalue weighted by atomic mass is 32.2. The van der Waals surface area contributed by atoms with Crippen LogP contribution in [0.25, 0.3) is 0 Å². The Hall–Kier alpha value is -1.20. The smallest absolute Gasteiger partial charge is 0.268 e. The number of hydrogen-bond donors (Lipinski definition) is 2. The molecule has 0 aromatic heterocycles. The van der Waals surface area contributed by atoms with Gasteiger partial charge in [-0.15, -0.1) is 0 Å². The quantitative estimate of drug-likeness (QED) is 0.352. The molecule has 0 heterocycles. The van der Waals surface area contributed by atoms with E-state index in [1.807, 2.05) is 17.8 Å². The number of rotatable bonds is 6. The maximum atomic E-state index is 11.5. The van der Waals surface area contributed by atoms with Crippen molar-refractivity contribution in [1.29, 1.82) is 0 Å². The van der Waals surface area contributed by atoms with Gasteiger partial charge in [-0.2, -0.15) is 11.8 Å². The number of hydrogen-bond acceptors (Lipinski definition) is 4. The minimum absolute atomic E-state index is 0.336. The van der Waals surface area contributed by atoms with E-state index in [4.69, 9.17) is 10.6 Å². The van der Waals surface area contributed by atoms with Crippen LogP contribution in [0.5, 0.6) is 5.75 Å². The molecule has 1 rings (SSSR count). The first-order valence-corrected chi connectivity index (χ1v) is 6.54. The molecule has 1 aromatic rings. The number of carbonyl (C=O) groups is 1. The van der Waals surface area contributed by atoms with Crippen LogP contribution in [0.4, 0.5) is 0 Å². The summed E-state index contributed by atoms with van der Waals surface area (Å²) in [4.78, 5) is 11.5. The van der Waals surface area contributed by atoms with Gasteiger partial charge in [0.25, 0.3) is 5.91 Å². The molecule has 0 fully saturated rings. The van der Waals surface area contributed by atoms with Crippen LogP contribution in [0.15, 0.2) is 24.3 Å². The average Bonchev–Trinajstić information content (AvgIpc) is 2.34. The van der Waals surface area contributed by atoms with E-state index < -0.39 is 0 Å². The Kier molecular flexibility index (Phi) is 5.86. The van der Waals surface area contributed by atoms with Crippen LogP contribution in [-0.4, -0.2) is 23.5 Å². The van der Waals surface area contributed by atoms with Crippen molar-refractivity contribution in [2.75, 3.05) is 12.4 Å². The molecule has 0 bridgehead atoms. The lowest BCUT2D eigenvalue weighted by atomic mass is 10.2. The fourth-order valence-corrected chi connectivity index (χ4v) is 1.94. The molecular weight excluding hydrogens is 236 g/mol. The summed E-state index contributed by atoms with van der Waals surface area (Å²) in [6.07, 6.45) is 0. The molecule has 17 heavy (non-hydrogen) atoms. The lowest BCUT2D eigenvalue weighted by molar-refractivity contribution is 0.0950. The molecule has 0 aliphatic rings. The lowest BCUT2D eigenvalue weighted by Gasteiger charge is -2.10. The largest absolute Gasteiger partial charge is 0.492 e. The first-order chi connectivity index (χ1) is 8.15. The number of benzene rings is 1. The molecule has 4 nitrogen and oxygen atoms in total. The molecule has 0 saturated carbocycles. The Labute approximate surface area is 106 Å². The highest BCUT2D eigenvalue weighted by molar-refractivity contribution is 7.99. The SMILES string of the molecule is CC(C)SCCOc1ccccc1C(=O)NN. The Morgan fingerprint density at radius 1 is 1.47 bits per heavy atom. The maximum Gasteiger partial charge on any atom is 0.268 e. The second-order valence-electron chi connectivity index (χ2n) is 3.74. The van der Waals surface area contributed by atoms with Gasteiger partial charge in [-0.1, -0.05) is 26.0 Å². The van der Waals surface area contributed by atoms with Crippen LogP contribution in [0.2, 0.25) is 0 Å². The van der Waals surface area contributed by atoms with Gasteiger partial charge in [0.15, 0.2) is 0 Å².